The van der Waals surface area contributed by atoms with Gasteiger partial charge in [0.15, 0.2) is 11.6 Å². The first kappa shape index (κ1) is 20.2. The Morgan fingerprint density at radius 2 is 1.94 bits per heavy atom. The van der Waals surface area contributed by atoms with Crippen molar-refractivity contribution in [2.24, 2.45) is 7.05 Å². The molecule has 1 amide bonds. The molecule has 0 unspecified atom stereocenters. The van der Waals surface area contributed by atoms with Crippen molar-refractivity contribution in [2.75, 3.05) is 0 Å². The molecule has 4 aromatic rings. The number of hydrogen-bond donors (Lipinski definition) is 0. The second-order valence-corrected chi connectivity index (χ2v) is 7.95. The number of para-hydroxylation sites is 1. The van der Waals surface area contributed by atoms with Gasteiger partial charge in [0, 0.05) is 37.1 Å². The van der Waals surface area contributed by atoms with Crippen LogP contribution in [0.4, 0.5) is 4.39 Å². The van der Waals surface area contributed by atoms with E-state index in [-0.39, 0.29) is 22.4 Å². The highest BCUT2D eigenvalue weighted by molar-refractivity contribution is 6.32. The third kappa shape index (κ3) is 3.71. The molecule has 0 saturated carbocycles. The Morgan fingerprint density at radius 3 is 2.66 bits per heavy atom. The number of nitrogens with zero attached hydrogens (tertiary/aromatic N) is 4. The monoisotopic (exact) mass is 448 g/mol. The van der Waals surface area contributed by atoms with Crippen molar-refractivity contribution in [3.63, 3.8) is 0 Å². The zero-order chi connectivity index (χ0) is 22.2. The van der Waals surface area contributed by atoms with Crippen LogP contribution in [0.3, 0.4) is 0 Å². The molecule has 32 heavy (non-hydrogen) atoms. The molecule has 2 aromatic heterocycles. The van der Waals surface area contributed by atoms with Gasteiger partial charge in [-0.1, -0.05) is 35.9 Å². The molecule has 0 fully saturated rings. The number of pyridine rings is 1. The van der Waals surface area contributed by atoms with E-state index in [4.69, 9.17) is 16.3 Å². The number of fused-ring (bicyclic) bond motifs is 1. The highest BCUT2D eigenvalue weighted by Crippen LogP contribution is 2.37. The number of ether oxygens (including phenoxy) is 1. The minimum atomic E-state index is -0.588. The van der Waals surface area contributed by atoms with Gasteiger partial charge in [0.05, 0.1) is 29.0 Å². The molecule has 160 valence electrons. The molecule has 0 radical (unpaired) electrons. The summed E-state index contributed by atoms with van der Waals surface area (Å²) >= 11 is 6.09. The Kier molecular flexibility index (Phi) is 5.11. The van der Waals surface area contributed by atoms with E-state index >= 15 is 0 Å². The lowest BCUT2D eigenvalue weighted by atomic mass is 10.1. The lowest BCUT2D eigenvalue weighted by Gasteiger charge is -2.15. The average Bonchev–Trinajstić information content (AvgIpc) is 3.35. The van der Waals surface area contributed by atoms with Gasteiger partial charge in [-0.25, -0.2) is 4.39 Å². The van der Waals surface area contributed by atoms with Crippen molar-refractivity contribution in [1.29, 1.82) is 0 Å². The number of carbonyl (C=O) groups excluding carboxylic acids is 1. The fourth-order valence-corrected chi connectivity index (χ4v) is 3.95. The van der Waals surface area contributed by atoms with Crippen molar-refractivity contribution >= 4 is 17.5 Å². The summed E-state index contributed by atoms with van der Waals surface area (Å²) in [6.07, 6.45) is 5.47. The van der Waals surface area contributed by atoms with Crippen LogP contribution in [0.1, 0.15) is 21.6 Å². The smallest absolute Gasteiger partial charge is 0.258 e. The van der Waals surface area contributed by atoms with Crippen LogP contribution in [-0.2, 0) is 20.1 Å². The molecule has 0 bridgehead atoms. The first-order valence-corrected chi connectivity index (χ1v) is 10.3. The SMILES string of the molecule is Cn1cc(-c2ccc(CN3Cc4cccc(Oc5c(F)cccc5Cl)c4C3=O)nc2)cn1. The molecule has 1 aliphatic heterocycles. The van der Waals surface area contributed by atoms with Crippen LogP contribution in [0.2, 0.25) is 5.02 Å². The minimum Gasteiger partial charge on any atom is -0.452 e. The first-order chi connectivity index (χ1) is 15.5. The van der Waals surface area contributed by atoms with E-state index in [1.807, 2.05) is 31.4 Å². The fourth-order valence-electron chi connectivity index (χ4n) is 3.74. The molecule has 3 heterocycles. The van der Waals surface area contributed by atoms with Crippen molar-refractivity contribution in [2.45, 2.75) is 13.1 Å². The number of hydrogen-bond acceptors (Lipinski definition) is 4. The van der Waals surface area contributed by atoms with Gasteiger partial charge in [-0.05, 0) is 29.8 Å². The third-order valence-electron chi connectivity index (χ3n) is 5.32. The Labute approximate surface area is 188 Å². The molecular weight excluding hydrogens is 431 g/mol. The van der Waals surface area contributed by atoms with Crippen LogP contribution in [0.15, 0.2) is 67.1 Å². The van der Waals surface area contributed by atoms with Crippen molar-refractivity contribution in [3.8, 4) is 22.6 Å². The molecular formula is C24H18ClFN4O2. The molecule has 0 atom stereocenters. The highest BCUT2D eigenvalue weighted by Gasteiger charge is 2.31. The molecule has 0 aliphatic carbocycles. The molecule has 5 rings (SSSR count). The first-order valence-electron chi connectivity index (χ1n) is 9.96. The van der Waals surface area contributed by atoms with Gasteiger partial charge in [-0.15, -0.1) is 0 Å². The third-order valence-corrected chi connectivity index (χ3v) is 5.62. The molecule has 0 saturated heterocycles. The number of carbonyl (C=O) groups is 1. The predicted molar refractivity (Wildman–Crippen MR) is 118 cm³/mol. The average molecular weight is 449 g/mol. The fraction of sp³-hybridized carbons (Fsp3) is 0.125. The number of amides is 1. The van der Waals surface area contributed by atoms with Gasteiger partial charge >= 0.3 is 0 Å². The summed E-state index contributed by atoms with van der Waals surface area (Å²) in [6.45, 7) is 0.767. The molecule has 8 heteroatoms. The van der Waals surface area contributed by atoms with E-state index in [0.717, 1.165) is 22.4 Å². The Hall–Kier alpha value is -3.71. The number of aryl methyl sites for hydroxylation is 1. The van der Waals surface area contributed by atoms with Crippen LogP contribution < -0.4 is 4.74 Å². The zero-order valence-corrected chi connectivity index (χ0v) is 17.9. The van der Waals surface area contributed by atoms with Crippen molar-refractivity contribution in [3.05, 3.63) is 94.8 Å². The van der Waals surface area contributed by atoms with Gasteiger partial charge in [-0.2, -0.15) is 5.10 Å². The maximum absolute atomic E-state index is 14.2. The predicted octanol–water partition coefficient (Wildman–Crippen LogP) is 5.22. The van der Waals surface area contributed by atoms with Gasteiger partial charge in [0.25, 0.3) is 5.91 Å². The molecule has 2 aromatic carbocycles. The van der Waals surface area contributed by atoms with Gasteiger partial charge in [-0.3, -0.25) is 14.5 Å². The van der Waals surface area contributed by atoms with Crippen LogP contribution in [0.25, 0.3) is 11.1 Å². The molecule has 1 aliphatic rings. The van der Waals surface area contributed by atoms with Crippen LogP contribution in [0, 0.1) is 5.82 Å². The van der Waals surface area contributed by atoms with Crippen molar-refractivity contribution < 1.29 is 13.9 Å². The minimum absolute atomic E-state index is 0.0959. The summed E-state index contributed by atoms with van der Waals surface area (Å²) in [5.74, 6) is -0.597. The van der Waals surface area contributed by atoms with E-state index in [0.29, 0.717) is 18.7 Å². The Balaban J connectivity index is 1.36. The highest BCUT2D eigenvalue weighted by atomic mass is 35.5. The second kappa shape index (κ2) is 8.09. The van der Waals surface area contributed by atoms with E-state index in [1.165, 1.54) is 18.2 Å². The van der Waals surface area contributed by atoms with Gasteiger partial charge in [0.1, 0.15) is 5.75 Å². The zero-order valence-electron chi connectivity index (χ0n) is 17.1. The van der Waals surface area contributed by atoms with Crippen LogP contribution in [0.5, 0.6) is 11.5 Å². The summed E-state index contributed by atoms with van der Waals surface area (Å²) in [5.41, 5.74) is 3.92. The van der Waals surface area contributed by atoms with Gasteiger partial charge in [0.2, 0.25) is 0 Å². The maximum Gasteiger partial charge on any atom is 0.258 e. The van der Waals surface area contributed by atoms with Gasteiger partial charge < -0.3 is 9.64 Å². The maximum atomic E-state index is 14.2. The van der Waals surface area contributed by atoms with Crippen LogP contribution in [-0.4, -0.2) is 25.6 Å². The van der Waals surface area contributed by atoms with E-state index in [1.54, 1.807) is 34.1 Å². The van der Waals surface area contributed by atoms with E-state index < -0.39 is 5.82 Å². The number of benzene rings is 2. The van der Waals surface area contributed by atoms with E-state index in [9.17, 15) is 9.18 Å². The summed E-state index contributed by atoms with van der Waals surface area (Å²) in [6, 6.07) is 13.4. The largest absolute Gasteiger partial charge is 0.452 e. The normalized spacial score (nSPS) is 12.8. The summed E-state index contributed by atoms with van der Waals surface area (Å²) < 4.78 is 21.7. The molecule has 0 spiro atoms. The lowest BCUT2D eigenvalue weighted by Crippen LogP contribution is -2.24. The summed E-state index contributed by atoms with van der Waals surface area (Å²) in [5, 5.41) is 4.31. The lowest BCUT2D eigenvalue weighted by molar-refractivity contribution is 0.0763. The quantitative estimate of drug-likeness (QED) is 0.420. The Morgan fingerprint density at radius 1 is 1.09 bits per heavy atom. The van der Waals surface area contributed by atoms with Crippen LogP contribution >= 0.6 is 11.6 Å². The summed E-state index contributed by atoms with van der Waals surface area (Å²) in [7, 11) is 1.86. The van der Waals surface area contributed by atoms with E-state index in [2.05, 4.69) is 10.1 Å². The standard InChI is InChI=1S/C24H18ClFN4O2/c1-29-12-17(11-28-29)15-8-9-18(27-10-15)14-30-13-16-4-2-7-21(22(16)24(30)31)32-23-19(25)5-3-6-20(23)26/h2-12H,13-14H2,1H3. The number of aromatic nitrogens is 3. The van der Waals surface area contributed by atoms with Crippen molar-refractivity contribution in [1.82, 2.24) is 19.7 Å². The number of rotatable bonds is 5. The molecule has 0 N–H and O–H groups in total. The summed E-state index contributed by atoms with van der Waals surface area (Å²) in [4.78, 5) is 19.3. The topological polar surface area (TPSA) is 60.2 Å². The second-order valence-electron chi connectivity index (χ2n) is 7.55. The number of halogens is 2. The molecule has 6 nitrogen and oxygen atoms in total. The Bertz CT molecular complexity index is 1300.